The lowest BCUT2D eigenvalue weighted by molar-refractivity contribution is 0.0600. The van der Waals surface area contributed by atoms with Crippen LogP contribution in [0.25, 0.3) is 0 Å². The van der Waals surface area contributed by atoms with Gasteiger partial charge in [-0.25, -0.2) is 4.79 Å². The fourth-order valence-corrected chi connectivity index (χ4v) is 4.06. The first-order valence-corrected chi connectivity index (χ1v) is 13.2. The molecule has 4 nitrogen and oxygen atoms in total. The fraction of sp³-hybridized carbons (Fsp3) is 0.265. The average molecular weight is 510 g/mol. The Hall–Kier alpha value is -3.73. The van der Waals surface area contributed by atoms with Gasteiger partial charge in [0.05, 0.1) is 25.4 Å². The van der Waals surface area contributed by atoms with Gasteiger partial charge < -0.3 is 14.8 Å². The van der Waals surface area contributed by atoms with Gasteiger partial charge >= 0.3 is 5.97 Å². The molecule has 0 aromatic heterocycles. The van der Waals surface area contributed by atoms with E-state index in [1.807, 2.05) is 36.4 Å². The van der Waals surface area contributed by atoms with E-state index in [0.717, 1.165) is 41.5 Å². The molecule has 0 heterocycles. The molecule has 3 aromatic rings. The van der Waals surface area contributed by atoms with Crippen LogP contribution >= 0.6 is 0 Å². The van der Waals surface area contributed by atoms with E-state index in [-0.39, 0.29) is 12.1 Å². The molecule has 3 aromatic carbocycles. The number of ether oxygens (including phenoxy) is 2. The van der Waals surface area contributed by atoms with Crippen LogP contribution < -0.4 is 5.32 Å². The minimum atomic E-state index is -0.327. The molecule has 1 N–H and O–H groups in total. The molecule has 198 valence electrons. The normalized spacial score (nSPS) is 12.4. The third kappa shape index (κ3) is 9.97. The number of rotatable bonds is 15. The molecule has 0 saturated heterocycles. The molecule has 0 aliphatic heterocycles. The Bertz CT molecular complexity index is 1180. The molecule has 0 amide bonds. The van der Waals surface area contributed by atoms with Crippen molar-refractivity contribution in [2.45, 2.75) is 38.8 Å². The van der Waals surface area contributed by atoms with Crippen LogP contribution in [0.15, 0.2) is 121 Å². The SMILES string of the molecule is C=C(/C=C\C(=C/CC)CO[C@@H](CNCc1ccc(C(=O)OC)cc1)c1ccccc1)CCc1ccccc1. The summed E-state index contributed by atoms with van der Waals surface area (Å²) in [6, 6.07) is 28.3. The van der Waals surface area contributed by atoms with Gasteiger partial charge in [0.25, 0.3) is 0 Å². The zero-order valence-corrected chi connectivity index (χ0v) is 22.6. The second-order valence-corrected chi connectivity index (χ2v) is 9.19. The highest BCUT2D eigenvalue weighted by molar-refractivity contribution is 5.89. The first kappa shape index (κ1) is 28.8. The van der Waals surface area contributed by atoms with Gasteiger partial charge in [0.2, 0.25) is 0 Å². The van der Waals surface area contributed by atoms with Crippen molar-refractivity contribution in [2.75, 3.05) is 20.3 Å². The summed E-state index contributed by atoms with van der Waals surface area (Å²) in [5, 5.41) is 3.51. The van der Waals surface area contributed by atoms with E-state index in [2.05, 4.69) is 73.4 Å². The fourth-order valence-electron chi connectivity index (χ4n) is 4.06. The summed E-state index contributed by atoms with van der Waals surface area (Å²) in [4.78, 5) is 11.7. The number of carbonyl (C=O) groups is 1. The van der Waals surface area contributed by atoms with Gasteiger partial charge in [0, 0.05) is 13.1 Å². The Labute approximate surface area is 227 Å². The van der Waals surface area contributed by atoms with E-state index in [9.17, 15) is 4.79 Å². The molecule has 0 aliphatic carbocycles. The molecule has 0 aliphatic rings. The topological polar surface area (TPSA) is 47.6 Å². The zero-order chi connectivity index (χ0) is 27.0. The lowest BCUT2D eigenvalue weighted by Gasteiger charge is -2.20. The summed E-state index contributed by atoms with van der Waals surface area (Å²) in [6.07, 6.45) is 9.21. The molecule has 38 heavy (non-hydrogen) atoms. The molecule has 0 radical (unpaired) electrons. The smallest absolute Gasteiger partial charge is 0.337 e. The maximum atomic E-state index is 11.7. The van der Waals surface area contributed by atoms with Gasteiger partial charge in [0.15, 0.2) is 0 Å². The highest BCUT2D eigenvalue weighted by Gasteiger charge is 2.12. The van der Waals surface area contributed by atoms with Crippen LogP contribution in [0.5, 0.6) is 0 Å². The molecular formula is C34H39NO3. The zero-order valence-electron chi connectivity index (χ0n) is 22.6. The molecule has 3 rings (SSSR count). The first-order valence-electron chi connectivity index (χ1n) is 13.2. The molecule has 0 bridgehead atoms. The van der Waals surface area contributed by atoms with Gasteiger partial charge in [-0.05, 0) is 53.7 Å². The Morgan fingerprint density at radius 2 is 1.61 bits per heavy atom. The summed E-state index contributed by atoms with van der Waals surface area (Å²) < 4.78 is 11.2. The lowest BCUT2D eigenvalue weighted by atomic mass is 10.0. The number of allylic oxidation sites excluding steroid dienone is 3. The largest absolute Gasteiger partial charge is 0.465 e. The van der Waals surface area contributed by atoms with Crippen LogP contribution in [0, 0.1) is 0 Å². The summed E-state index contributed by atoms with van der Waals surface area (Å²) in [5.41, 5.74) is 6.35. The predicted octanol–water partition coefficient (Wildman–Crippen LogP) is 7.40. The van der Waals surface area contributed by atoms with Crippen molar-refractivity contribution in [3.05, 3.63) is 143 Å². The second kappa shape index (κ2) is 16.2. The van der Waals surface area contributed by atoms with Gasteiger partial charge in [-0.1, -0.05) is 110 Å². The number of benzene rings is 3. The van der Waals surface area contributed by atoms with E-state index in [0.29, 0.717) is 25.3 Å². The third-order valence-corrected chi connectivity index (χ3v) is 6.23. The maximum Gasteiger partial charge on any atom is 0.337 e. The van der Waals surface area contributed by atoms with Crippen molar-refractivity contribution in [3.8, 4) is 0 Å². The first-order chi connectivity index (χ1) is 18.6. The molecule has 4 heteroatoms. The van der Waals surface area contributed by atoms with E-state index >= 15 is 0 Å². The quantitative estimate of drug-likeness (QED) is 0.171. The number of methoxy groups -OCH3 is 1. The van der Waals surface area contributed by atoms with Crippen LogP contribution in [0.4, 0.5) is 0 Å². The summed E-state index contributed by atoms with van der Waals surface area (Å²) >= 11 is 0. The van der Waals surface area contributed by atoms with Crippen LogP contribution in [0.2, 0.25) is 0 Å². The highest BCUT2D eigenvalue weighted by Crippen LogP contribution is 2.19. The predicted molar refractivity (Wildman–Crippen MR) is 156 cm³/mol. The molecular weight excluding hydrogens is 470 g/mol. The Balaban J connectivity index is 1.56. The van der Waals surface area contributed by atoms with Crippen molar-refractivity contribution in [1.82, 2.24) is 5.32 Å². The number of esters is 1. The van der Waals surface area contributed by atoms with Crippen LogP contribution in [-0.4, -0.2) is 26.2 Å². The van der Waals surface area contributed by atoms with Gasteiger partial charge in [-0.15, -0.1) is 0 Å². The summed E-state index contributed by atoms with van der Waals surface area (Å²) in [5.74, 6) is -0.327. The second-order valence-electron chi connectivity index (χ2n) is 9.19. The van der Waals surface area contributed by atoms with Gasteiger partial charge in [0.1, 0.15) is 0 Å². The summed E-state index contributed by atoms with van der Waals surface area (Å²) in [7, 11) is 1.39. The summed E-state index contributed by atoms with van der Waals surface area (Å²) in [6.45, 7) is 8.24. The van der Waals surface area contributed by atoms with Crippen molar-refractivity contribution in [3.63, 3.8) is 0 Å². The third-order valence-electron chi connectivity index (χ3n) is 6.23. The van der Waals surface area contributed by atoms with Crippen molar-refractivity contribution in [2.24, 2.45) is 0 Å². The number of hydrogen-bond donors (Lipinski definition) is 1. The van der Waals surface area contributed by atoms with E-state index in [1.165, 1.54) is 12.7 Å². The molecule has 0 saturated carbocycles. The molecule has 1 atom stereocenters. The highest BCUT2D eigenvalue weighted by atomic mass is 16.5. The Morgan fingerprint density at radius 3 is 2.26 bits per heavy atom. The van der Waals surface area contributed by atoms with Crippen LogP contribution in [0.3, 0.4) is 0 Å². The minimum Gasteiger partial charge on any atom is -0.465 e. The monoisotopic (exact) mass is 509 g/mol. The number of carbonyl (C=O) groups excluding carboxylic acids is 1. The Morgan fingerprint density at radius 1 is 0.921 bits per heavy atom. The standard InChI is InChI=1S/C34H39NO3/c1-4-11-30(19-17-27(2)16-18-28-12-7-5-8-13-28)26-38-33(31-14-9-6-10-15-31)25-35-24-29-20-22-32(23-21-29)34(36)37-3/h5-15,17,19-23,33,35H,2,4,16,18,24-26H2,1,3H3/b19-17-,30-11+/t33-/m0/s1. The van der Waals surface area contributed by atoms with Gasteiger partial charge in [-0.2, -0.15) is 0 Å². The minimum absolute atomic E-state index is 0.0968. The molecule has 0 spiro atoms. The van der Waals surface area contributed by atoms with Crippen LogP contribution in [0.1, 0.15) is 52.9 Å². The Kier molecular flexibility index (Phi) is 12.3. The van der Waals surface area contributed by atoms with Gasteiger partial charge in [-0.3, -0.25) is 0 Å². The van der Waals surface area contributed by atoms with Crippen molar-refractivity contribution < 1.29 is 14.3 Å². The maximum absolute atomic E-state index is 11.7. The molecule has 0 unspecified atom stereocenters. The van der Waals surface area contributed by atoms with Crippen molar-refractivity contribution in [1.29, 1.82) is 0 Å². The number of nitrogens with one attached hydrogen (secondary N) is 1. The van der Waals surface area contributed by atoms with E-state index < -0.39 is 0 Å². The van der Waals surface area contributed by atoms with E-state index in [1.54, 1.807) is 12.1 Å². The van der Waals surface area contributed by atoms with Crippen LogP contribution in [-0.2, 0) is 22.4 Å². The van der Waals surface area contributed by atoms with Crippen molar-refractivity contribution >= 4 is 5.97 Å². The number of aryl methyl sites for hydroxylation is 1. The number of hydrogen-bond acceptors (Lipinski definition) is 4. The average Bonchev–Trinajstić information content (AvgIpc) is 2.97. The lowest BCUT2D eigenvalue weighted by Crippen LogP contribution is -2.23. The molecule has 0 fully saturated rings. The van der Waals surface area contributed by atoms with E-state index in [4.69, 9.17) is 9.47 Å².